The highest BCUT2D eigenvalue weighted by Gasteiger charge is 2.17. The van der Waals surface area contributed by atoms with Gasteiger partial charge in [0, 0.05) is 31.2 Å². The Hall–Kier alpha value is -0.610. The zero-order valence-electron chi connectivity index (χ0n) is 13.2. The molecule has 1 aromatic rings. The summed E-state index contributed by atoms with van der Waals surface area (Å²) in [5.74, 6) is 1.58. The summed E-state index contributed by atoms with van der Waals surface area (Å²) in [5, 5.41) is 4.66. The smallest absolute Gasteiger partial charge is 0.185 e. The number of nitrogens with one attached hydrogen (secondary N) is 1. The molecule has 1 aromatic heterocycles. The summed E-state index contributed by atoms with van der Waals surface area (Å²) in [4.78, 5) is 8.28. The number of thiazole rings is 1. The minimum Gasteiger partial charge on any atom is -0.351 e. The van der Waals surface area contributed by atoms with E-state index in [1.54, 1.807) is 0 Å². The highest BCUT2D eigenvalue weighted by Crippen LogP contribution is 2.27. The van der Waals surface area contributed by atoms with Gasteiger partial charge >= 0.3 is 0 Å². The lowest BCUT2D eigenvalue weighted by Gasteiger charge is -2.26. The molecular weight excluding hydrogens is 266 g/mol. The van der Waals surface area contributed by atoms with Crippen LogP contribution in [0.15, 0.2) is 6.20 Å². The lowest BCUT2D eigenvalue weighted by Crippen LogP contribution is -2.26. The molecule has 0 atom stereocenters. The van der Waals surface area contributed by atoms with Gasteiger partial charge in [0.15, 0.2) is 5.13 Å². The van der Waals surface area contributed by atoms with E-state index in [1.165, 1.54) is 48.7 Å². The molecular formula is C16H29N3S. The molecule has 1 N–H and O–H groups in total. The van der Waals surface area contributed by atoms with Gasteiger partial charge in [-0.3, -0.25) is 0 Å². The number of aromatic nitrogens is 1. The number of hydrogen-bond acceptors (Lipinski definition) is 4. The van der Waals surface area contributed by atoms with E-state index in [0.29, 0.717) is 5.92 Å². The van der Waals surface area contributed by atoms with Crippen LogP contribution in [-0.2, 0) is 6.54 Å². The molecule has 4 heteroatoms. The summed E-state index contributed by atoms with van der Waals surface area (Å²) in [5.41, 5.74) is 0. The molecule has 0 aromatic carbocycles. The van der Waals surface area contributed by atoms with Crippen molar-refractivity contribution in [3.63, 3.8) is 0 Å². The summed E-state index contributed by atoms with van der Waals surface area (Å²) in [6.07, 6.45) is 9.10. The first kappa shape index (κ1) is 15.8. The van der Waals surface area contributed by atoms with Crippen molar-refractivity contribution in [1.29, 1.82) is 0 Å². The molecule has 0 unspecified atom stereocenters. The Balaban J connectivity index is 1.78. The second kappa shape index (κ2) is 7.99. The van der Waals surface area contributed by atoms with Crippen molar-refractivity contribution >= 4 is 16.5 Å². The summed E-state index contributed by atoms with van der Waals surface area (Å²) >= 11 is 1.83. The van der Waals surface area contributed by atoms with E-state index in [1.807, 2.05) is 17.5 Å². The van der Waals surface area contributed by atoms with Crippen LogP contribution in [0.25, 0.3) is 0 Å². The molecule has 1 saturated carbocycles. The Morgan fingerprint density at radius 3 is 2.80 bits per heavy atom. The third-order valence-corrected chi connectivity index (χ3v) is 5.09. The zero-order valence-corrected chi connectivity index (χ0v) is 14.0. The molecule has 2 rings (SSSR count). The van der Waals surface area contributed by atoms with Crippen molar-refractivity contribution in [2.24, 2.45) is 11.8 Å². The Bertz CT molecular complexity index is 383. The number of anilines is 1. The van der Waals surface area contributed by atoms with E-state index in [0.717, 1.165) is 19.0 Å². The monoisotopic (exact) mass is 295 g/mol. The Morgan fingerprint density at radius 2 is 2.10 bits per heavy atom. The SMILES string of the molecule is CC(C)CNCc1cnc(N(C)CC2CCCCC2)s1. The average Bonchev–Trinajstić information content (AvgIpc) is 2.88. The van der Waals surface area contributed by atoms with Gasteiger partial charge in [-0.05, 0) is 31.2 Å². The van der Waals surface area contributed by atoms with Gasteiger partial charge in [-0.15, -0.1) is 11.3 Å². The van der Waals surface area contributed by atoms with Crippen molar-refractivity contribution in [3.8, 4) is 0 Å². The highest BCUT2D eigenvalue weighted by molar-refractivity contribution is 7.15. The number of rotatable bonds is 7. The van der Waals surface area contributed by atoms with Crippen molar-refractivity contribution in [2.75, 3.05) is 25.0 Å². The second-order valence-electron chi connectivity index (χ2n) is 6.52. The van der Waals surface area contributed by atoms with Crippen LogP contribution in [0.3, 0.4) is 0 Å². The summed E-state index contributed by atoms with van der Waals surface area (Å²) in [6.45, 7) is 7.68. The van der Waals surface area contributed by atoms with Crippen LogP contribution in [0.4, 0.5) is 5.13 Å². The molecule has 0 bridgehead atoms. The minimum absolute atomic E-state index is 0.705. The van der Waals surface area contributed by atoms with E-state index < -0.39 is 0 Å². The maximum absolute atomic E-state index is 4.58. The predicted molar refractivity (Wildman–Crippen MR) is 88.5 cm³/mol. The standard InChI is InChI=1S/C16H29N3S/c1-13(2)9-17-10-15-11-18-16(20-15)19(3)12-14-7-5-4-6-8-14/h11,13-14,17H,4-10,12H2,1-3H3. The van der Waals surface area contributed by atoms with Gasteiger partial charge in [-0.1, -0.05) is 33.1 Å². The molecule has 1 aliphatic rings. The first-order chi connectivity index (χ1) is 9.65. The first-order valence-electron chi connectivity index (χ1n) is 8.01. The van der Waals surface area contributed by atoms with E-state index in [4.69, 9.17) is 0 Å². The molecule has 0 aliphatic heterocycles. The van der Waals surface area contributed by atoms with Crippen LogP contribution >= 0.6 is 11.3 Å². The van der Waals surface area contributed by atoms with Crippen LogP contribution < -0.4 is 10.2 Å². The summed E-state index contributed by atoms with van der Waals surface area (Å²) in [6, 6.07) is 0. The highest BCUT2D eigenvalue weighted by atomic mass is 32.1. The zero-order chi connectivity index (χ0) is 14.4. The largest absolute Gasteiger partial charge is 0.351 e. The van der Waals surface area contributed by atoms with E-state index in [2.05, 4.69) is 36.1 Å². The van der Waals surface area contributed by atoms with Crippen molar-refractivity contribution in [2.45, 2.75) is 52.5 Å². The summed E-state index contributed by atoms with van der Waals surface area (Å²) in [7, 11) is 2.19. The molecule has 3 nitrogen and oxygen atoms in total. The van der Waals surface area contributed by atoms with Crippen molar-refractivity contribution in [1.82, 2.24) is 10.3 Å². The third kappa shape index (κ3) is 5.06. The topological polar surface area (TPSA) is 28.2 Å². The van der Waals surface area contributed by atoms with Crippen LogP contribution in [0, 0.1) is 11.8 Å². The third-order valence-electron chi connectivity index (χ3n) is 3.98. The molecule has 1 fully saturated rings. The quantitative estimate of drug-likeness (QED) is 0.827. The molecule has 0 spiro atoms. The van der Waals surface area contributed by atoms with Crippen LogP contribution in [0.2, 0.25) is 0 Å². The maximum Gasteiger partial charge on any atom is 0.185 e. The fourth-order valence-corrected chi connectivity index (χ4v) is 3.72. The molecule has 1 heterocycles. The fourth-order valence-electron chi connectivity index (χ4n) is 2.87. The molecule has 20 heavy (non-hydrogen) atoms. The Labute approximate surface area is 127 Å². The average molecular weight is 295 g/mol. The molecule has 0 radical (unpaired) electrons. The lowest BCUT2D eigenvalue weighted by molar-refractivity contribution is 0.362. The molecule has 114 valence electrons. The summed E-state index contributed by atoms with van der Waals surface area (Å²) < 4.78 is 0. The minimum atomic E-state index is 0.705. The normalized spacial score (nSPS) is 16.8. The van der Waals surface area contributed by atoms with Gasteiger partial charge in [0.1, 0.15) is 0 Å². The Kier molecular flexibility index (Phi) is 6.30. The van der Waals surface area contributed by atoms with Crippen molar-refractivity contribution < 1.29 is 0 Å². The van der Waals surface area contributed by atoms with Crippen LogP contribution in [0.5, 0.6) is 0 Å². The maximum atomic E-state index is 4.58. The van der Waals surface area contributed by atoms with Gasteiger partial charge in [-0.25, -0.2) is 4.98 Å². The van der Waals surface area contributed by atoms with Gasteiger partial charge in [0.05, 0.1) is 0 Å². The van der Waals surface area contributed by atoms with E-state index in [9.17, 15) is 0 Å². The van der Waals surface area contributed by atoms with Gasteiger partial charge < -0.3 is 10.2 Å². The Morgan fingerprint density at radius 1 is 1.35 bits per heavy atom. The molecule has 1 aliphatic carbocycles. The lowest BCUT2D eigenvalue weighted by atomic mass is 9.89. The van der Waals surface area contributed by atoms with Gasteiger partial charge in [0.2, 0.25) is 0 Å². The second-order valence-corrected chi connectivity index (χ2v) is 7.61. The number of hydrogen-bond donors (Lipinski definition) is 1. The molecule has 0 amide bonds. The first-order valence-corrected chi connectivity index (χ1v) is 8.83. The number of nitrogens with zero attached hydrogens (tertiary/aromatic N) is 2. The van der Waals surface area contributed by atoms with E-state index in [-0.39, 0.29) is 0 Å². The van der Waals surface area contributed by atoms with Crippen molar-refractivity contribution in [3.05, 3.63) is 11.1 Å². The van der Waals surface area contributed by atoms with E-state index >= 15 is 0 Å². The van der Waals surface area contributed by atoms with Gasteiger partial charge in [-0.2, -0.15) is 0 Å². The predicted octanol–water partition coefficient (Wildman–Crippen LogP) is 3.91. The van der Waals surface area contributed by atoms with Crippen LogP contribution in [0.1, 0.15) is 50.8 Å². The van der Waals surface area contributed by atoms with Gasteiger partial charge in [0.25, 0.3) is 0 Å². The van der Waals surface area contributed by atoms with Crippen LogP contribution in [-0.4, -0.2) is 25.1 Å². The molecule has 0 saturated heterocycles. The fraction of sp³-hybridized carbons (Fsp3) is 0.812.